The Morgan fingerprint density at radius 1 is 1.14 bits per heavy atom. The molecule has 156 valence electrons. The molecule has 1 heterocycles. The van der Waals surface area contributed by atoms with Gasteiger partial charge in [-0.1, -0.05) is 36.4 Å². The number of rotatable bonds is 7. The molecule has 1 atom stereocenters. The van der Waals surface area contributed by atoms with Gasteiger partial charge in [-0.15, -0.1) is 0 Å². The van der Waals surface area contributed by atoms with E-state index in [0.29, 0.717) is 38.5 Å². The minimum atomic E-state index is -3.61. The molecule has 3 rings (SSSR count). The number of nitrogens with zero attached hydrogens (tertiary/aromatic N) is 2. The lowest BCUT2D eigenvalue weighted by Crippen LogP contribution is -2.40. The van der Waals surface area contributed by atoms with E-state index in [2.05, 4.69) is 5.32 Å². The van der Waals surface area contributed by atoms with Crippen LogP contribution < -0.4 is 5.32 Å². The molecule has 0 spiro atoms. The van der Waals surface area contributed by atoms with Gasteiger partial charge in [0.15, 0.2) is 0 Å². The van der Waals surface area contributed by atoms with E-state index in [9.17, 15) is 13.2 Å². The van der Waals surface area contributed by atoms with E-state index in [1.165, 1.54) is 10.4 Å². The predicted molar refractivity (Wildman–Crippen MR) is 112 cm³/mol. The van der Waals surface area contributed by atoms with Gasteiger partial charge < -0.3 is 10.1 Å². The van der Waals surface area contributed by atoms with Gasteiger partial charge in [0.05, 0.1) is 24.2 Å². The van der Waals surface area contributed by atoms with Crippen LogP contribution in [0.1, 0.15) is 12.5 Å². The van der Waals surface area contributed by atoms with Crippen molar-refractivity contribution in [1.82, 2.24) is 9.21 Å². The Bertz CT molecular complexity index is 928. The number of ether oxygens (including phenoxy) is 1. The third-order valence-corrected chi connectivity index (χ3v) is 6.92. The van der Waals surface area contributed by atoms with Gasteiger partial charge in [0, 0.05) is 25.3 Å². The molecule has 1 amide bonds. The first kappa shape index (κ1) is 21.4. The molecule has 1 saturated heterocycles. The lowest BCUT2D eigenvalue weighted by molar-refractivity contribution is -0.120. The molecule has 1 aliphatic heterocycles. The van der Waals surface area contributed by atoms with E-state index in [1.807, 2.05) is 49.2 Å². The van der Waals surface area contributed by atoms with Crippen molar-refractivity contribution in [3.05, 3.63) is 60.2 Å². The van der Waals surface area contributed by atoms with E-state index in [4.69, 9.17) is 4.74 Å². The molecular weight excluding hydrogens is 390 g/mol. The van der Waals surface area contributed by atoms with Crippen molar-refractivity contribution in [2.75, 3.05) is 38.7 Å². The van der Waals surface area contributed by atoms with Crippen molar-refractivity contribution in [1.29, 1.82) is 0 Å². The maximum absolute atomic E-state index is 12.8. The second kappa shape index (κ2) is 9.49. The third-order valence-electron chi connectivity index (χ3n) is 5.02. The largest absolute Gasteiger partial charge is 0.379 e. The van der Waals surface area contributed by atoms with Gasteiger partial charge in [-0.25, -0.2) is 8.42 Å². The number of nitrogens with one attached hydrogen (secondary N) is 1. The SMILES string of the molecule is C[C@H](C(=O)Nc1cccc(S(=O)(=O)N2CCOCC2)c1)N(C)Cc1ccccc1. The van der Waals surface area contributed by atoms with Gasteiger partial charge in [0.1, 0.15) is 0 Å². The van der Waals surface area contributed by atoms with Crippen molar-refractivity contribution < 1.29 is 17.9 Å². The fourth-order valence-electron chi connectivity index (χ4n) is 3.13. The zero-order chi connectivity index (χ0) is 20.9. The molecule has 0 bridgehead atoms. The van der Waals surface area contributed by atoms with Crippen LogP contribution in [0.2, 0.25) is 0 Å². The number of benzene rings is 2. The minimum absolute atomic E-state index is 0.169. The summed E-state index contributed by atoms with van der Waals surface area (Å²) in [5, 5.41) is 2.84. The summed E-state index contributed by atoms with van der Waals surface area (Å²) >= 11 is 0. The Labute approximate surface area is 172 Å². The molecule has 0 aliphatic carbocycles. The molecule has 2 aromatic rings. The normalized spacial score (nSPS) is 16.5. The van der Waals surface area contributed by atoms with Crippen LogP contribution in [0.3, 0.4) is 0 Å². The minimum Gasteiger partial charge on any atom is -0.379 e. The third kappa shape index (κ3) is 5.42. The predicted octanol–water partition coefficient (Wildman–Crippen LogP) is 2.17. The van der Waals surface area contributed by atoms with Crippen molar-refractivity contribution >= 4 is 21.6 Å². The Hall–Kier alpha value is -2.26. The smallest absolute Gasteiger partial charge is 0.243 e. The molecule has 0 unspecified atom stereocenters. The fourth-order valence-corrected chi connectivity index (χ4v) is 4.58. The van der Waals surface area contributed by atoms with Gasteiger partial charge in [-0.05, 0) is 37.7 Å². The maximum Gasteiger partial charge on any atom is 0.243 e. The molecule has 0 saturated carbocycles. The van der Waals surface area contributed by atoms with Crippen LogP contribution in [0.5, 0.6) is 0 Å². The summed E-state index contributed by atoms with van der Waals surface area (Å²) in [6.45, 7) is 3.91. The molecule has 8 heteroatoms. The van der Waals surface area contributed by atoms with Crippen LogP contribution in [0, 0.1) is 0 Å². The maximum atomic E-state index is 12.8. The fraction of sp³-hybridized carbons (Fsp3) is 0.381. The zero-order valence-electron chi connectivity index (χ0n) is 16.7. The van der Waals surface area contributed by atoms with Gasteiger partial charge in [-0.3, -0.25) is 9.69 Å². The van der Waals surface area contributed by atoms with Gasteiger partial charge in [-0.2, -0.15) is 4.31 Å². The number of sulfonamides is 1. The Morgan fingerprint density at radius 2 is 1.83 bits per heavy atom. The number of amides is 1. The molecule has 0 radical (unpaired) electrons. The lowest BCUT2D eigenvalue weighted by atomic mass is 10.2. The summed E-state index contributed by atoms with van der Waals surface area (Å²) < 4.78 is 32.3. The Morgan fingerprint density at radius 3 is 2.52 bits per heavy atom. The molecule has 1 aliphatic rings. The first-order valence-electron chi connectivity index (χ1n) is 9.61. The van der Waals surface area contributed by atoms with Crippen LogP contribution in [0.4, 0.5) is 5.69 Å². The number of hydrogen-bond donors (Lipinski definition) is 1. The summed E-state index contributed by atoms with van der Waals surface area (Å²) in [6, 6.07) is 15.9. The van der Waals surface area contributed by atoms with Crippen LogP contribution in [0.15, 0.2) is 59.5 Å². The highest BCUT2D eigenvalue weighted by Crippen LogP contribution is 2.21. The number of likely N-dealkylation sites (N-methyl/N-ethyl adjacent to an activating group) is 1. The van der Waals surface area contributed by atoms with E-state index >= 15 is 0 Å². The number of hydrogen-bond acceptors (Lipinski definition) is 5. The van der Waals surface area contributed by atoms with Gasteiger partial charge in [0.2, 0.25) is 15.9 Å². The van der Waals surface area contributed by atoms with Crippen molar-refractivity contribution in [3.8, 4) is 0 Å². The highest BCUT2D eigenvalue weighted by Gasteiger charge is 2.27. The summed E-state index contributed by atoms with van der Waals surface area (Å²) in [6.07, 6.45) is 0. The van der Waals surface area contributed by atoms with Crippen LogP contribution in [0.25, 0.3) is 0 Å². The van der Waals surface area contributed by atoms with Crippen molar-refractivity contribution in [3.63, 3.8) is 0 Å². The number of carbonyl (C=O) groups excluding carboxylic acids is 1. The first-order valence-corrected chi connectivity index (χ1v) is 11.0. The summed E-state index contributed by atoms with van der Waals surface area (Å²) in [5.41, 5.74) is 1.58. The molecule has 1 fully saturated rings. The van der Waals surface area contributed by atoms with Gasteiger partial charge in [0.25, 0.3) is 0 Å². The second-order valence-electron chi connectivity index (χ2n) is 7.11. The molecular formula is C21H27N3O4S. The van der Waals surface area contributed by atoms with E-state index in [0.717, 1.165) is 5.56 Å². The summed E-state index contributed by atoms with van der Waals surface area (Å²) in [5.74, 6) is -0.190. The molecule has 1 N–H and O–H groups in total. The first-order chi connectivity index (χ1) is 13.9. The number of anilines is 1. The highest BCUT2D eigenvalue weighted by atomic mass is 32.2. The zero-order valence-corrected chi connectivity index (χ0v) is 17.6. The lowest BCUT2D eigenvalue weighted by Gasteiger charge is -2.26. The number of morpholine rings is 1. The van der Waals surface area contributed by atoms with Crippen LogP contribution in [-0.2, 0) is 26.1 Å². The second-order valence-corrected chi connectivity index (χ2v) is 9.05. The molecule has 7 nitrogen and oxygen atoms in total. The van der Waals surface area contributed by atoms with E-state index in [1.54, 1.807) is 18.2 Å². The summed E-state index contributed by atoms with van der Waals surface area (Å²) in [4.78, 5) is 14.8. The van der Waals surface area contributed by atoms with Crippen molar-refractivity contribution in [2.24, 2.45) is 0 Å². The number of carbonyl (C=O) groups is 1. The van der Waals surface area contributed by atoms with Crippen LogP contribution in [-0.4, -0.2) is 62.9 Å². The average Bonchev–Trinajstić information content (AvgIpc) is 2.74. The molecule has 2 aromatic carbocycles. The Balaban J connectivity index is 1.66. The topological polar surface area (TPSA) is 79.0 Å². The Kier molecular flexibility index (Phi) is 7.02. The quantitative estimate of drug-likeness (QED) is 0.747. The summed E-state index contributed by atoms with van der Waals surface area (Å²) in [7, 11) is -1.72. The van der Waals surface area contributed by atoms with E-state index < -0.39 is 10.0 Å². The average molecular weight is 418 g/mol. The van der Waals surface area contributed by atoms with Crippen molar-refractivity contribution in [2.45, 2.75) is 24.4 Å². The highest BCUT2D eigenvalue weighted by molar-refractivity contribution is 7.89. The van der Waals surface area contributed by atoms with Gasteiger partial charge >= 0.3 is 0 Å². The molecule has 29 heavy (non-hydrogen) atoms. The van der Waals surface area contributed by atoms with E-state index in [-0.39, 0.29) is 16.8 Å². The van der Waals surface area contributed by atoms with Crippen LogP contribution >= 0.6 is 0 Å². The monoisotopic (exact) mass is 417 g/mol. The standard InChI is InChI=1S/C21H27N3O4S/c1-17(23(2)16-18-7-4-3-5-8-18)21(25)22-19-9-6-10-20(15-19)29(26,27)24-11-13-28-14-12-24/h3-10,15,17H,11-14,16H2,1-2H3,(H,22,25)/t17-/m1/s1. The molecule has 0 aromatic heterocycles.